The van der Waals surface area contributed by atoms with Gasteiger partial charge in [-0.05, 0) is 26.3 Å². The Hall–Kier alpha value is -0.940. The summed E-state index contributed by atoms with van der Waals surface area (Å²) in [6, 6.07) is 0. The molecule has 1 aromatic rings. The zero-order chi connectivity index (χ0) is 13.0. The first-order valence-corrected chi connectivity index (χ1v) is 7.49. The molecule has 100 valence electrons. The third kappa shape index (κ3) is 3.09. The summed E-state index contributed by atoms with van der Waals surface area (Å²) in [5.74, 6) is 0.162. The average Bonchev–Trinajstić information content (AvgIpc) is 2.57. The van der Waals surface area contributed by atoms with Crippen LogP contribution in [0.1, 0.15) is 46.1 Å². The highest BCUT2D eigenvalue weighted by Gasteiger charge is 2.21. The molecule has 0 atom stereocenters. The molecule has 0 aliphatic carbocycles. The van der Waals surface area contributed by atoms with E-state index in [2.05, 4.69) is 4.98 Å². The highest BCUT2D eigenvalue weighted by molar-refractivity contribution is 7.13. The van der Waals surface area contributed by atoms with Crippen LogP contribution >= 0.6 is 11.3 Å². The molecule has 0 unspecified atom stereocenters. The van der Waals surface area contributed by atoms with E-state index in [1.54, 1.807) is 0 Å². The van der Waals surface area contributed by atoms with E-state index in [1.165, 1.54) is 24.2 Å². The van der Waals surface area contributed by atoms with Gasteiger partial charge in [-0.1, -0.05) is 12.8 Å². The van der Waals surface area contributed by atoms with Crippen molar-refractivity contribution in [1.82, 2.24) is 9.88 Å². The molecule has 1 aliphatic heterocycles. The Morgan fingerprint density at radius 1 is 1.33 bits per heavy atom. The van der Waals surface area contributed by atoms with Gasteiger partial charge >= 0.3 is 0 Å². The molecule has 2 heterocycles. The minimum atomic E-state index is 0.162. The van der Waals surface area contributed by atoms with Crippen LogP contribution in [0.3, 0.4) is 0 Å². The van der Waals surface area contributed by atoms with E-state index in [-0.39, 0.29) is 5.91 Å². The number of nitrogens with zero attached hydrogens (tertiary/aromatic N) is 2. The third-order valence-electron chi connectivity index (χ3n) is 3.29. The molecule has 2 N–H and O–H groups in total. The normalized spacial score (nSPS) is 16.7. The summed E-state index contributed by atoms with van der Waals surface area (Å²) in [6.07, 6.45) is 5.49. The second kappa shape index (κ2) is 6.29. The zero-order valence-corrected chi connectivity index (χ0v) is 11.8. The number of carbonyl (C=O) groups excluding carboxylic acids is 1. The fourth-order valence-corrected chi connectivity index (χ4v) is 3.35. The van der Waals surface area contributed by atoms with Gasteiger partial charge in [0.1, 0.15) is 4.88 Å². The van der Waals surface area contributed by atoms with E-state index in [9.17, 15) is 4.79 Å². The second-order valence-corrected chi connectivity index (χ2v) is 5.85. The summed E-state index contributed by atoms with van der Waals surface area (Å²) in [6.45, 7) is 4.29. The maximum absolute atomic E-state index is 12.5. The van der Waals surface area contributed by atoms with Crippen molar-refractivity contribution in [2.24, 2.45) is 5.73 Å². The molecule has 1 amide bonds. The fourth-order valence-electron chi connectivity index (χ4n) is 2.30. The smallest absolute Gasteiger partial charge is 0.265 e. The molecule has 0 radical (unpaired) electrons. The van der Waals surface area contributed by atoms with Crippen molar-refractivity contribution in [3.8, 4) is 0 Å². The number of carbonyl (C=O) groups is 1. The Bertz CT molecular complexity index is 408. The van der Waals surface area contributed by atoms with Gasteiger partial charge in [-0.15, -0.1) is 11.3 Å². The van der Waals surface area contributed by atoms with Crippen LogP contribution in [0.2, 0.25) is 0 Å². The van der Waals surface area contributed by atoms with Gasteiger partial charge in [0.2, 0.25) is 0 Å². The topological polar surface area (TPSA) is 59.2 Å². The van der Waals surface area contributed by atoms with Gasteiger partial charge in [-0.3, -0.25) is 4.79 Å². The SMILES string of the molecule is Cc1nc(CCN)sc1C(=O)N1CCCCCC1. The van der Waals surface area contributed by atoms with Gasteiger partial charge in [-0.2, -0.15) is 0 Å². The maximum Gasteiger partial charge on any atom is 0.265 e. The highest BCUT2D eigenvalue weighted by Crippen LogP contribution is 2.22. The quantitative estimate of drug-likeness (QED) is 0.911. The molecule has 1 saturated heterocycles. The molecule has 0 spiro atoms. The Labute approximate surface area is 112 Å². The first-order valence-electron chi connectivity index (χ1n) is 6.68. The molecule has 0 saturated carbocycles. The van der Waals surface area contributed by atoms with Gasteiger partial charge in [0.05, 0.1) is 10.7 Å². The number of likely N-dealkylation sites (tertiary alicyclic amines) is 1. The van der Waals surface area contributed by atoms with Crippen LogP contribution in [-0.4, -0.2) is 35.4 Å². The molecule has 2 rings (SSSR count). The number of thiazole rings is 1. The highest BCUT2D eigenvalue weighted by atomic mass is 32.1. The van der Waals surface area contributed by atoms with Gasteiger partial charge < -0.3 is 10.6 Å². The summed E-state index contributed by atoms with van der Waals surface area (Å²) in [5.41, 5.74) is 6.39. The minimum absolute atomic E-state index is 0.162. The van der Waals surface area contributed by atoms with Crippen LogP contribution in [0.4, 0.5) is 0 Å². The van der Waals surface area contributed by atoms with E-state index in [0.29, 0.717) is 6.54 Å². The van der Waals surface area contributed by atoms with Crippen molar-refractivity contribution >= 4 is 17.2 Å². The van der Waals surface area contributed by atoms with Crippen molar-refractivity contribution in [3.05, 3.63) is 15.6 Å². The molecule has 1 aliphatic rings. The summed E-state index contributed by atoms with van der Waals surface area (Å²) in [5, 5.41) is 0.980. The monoisotopic (exact) mass is 267 g/mol. The van der Waals surface area contributed by atoms with Gasteiger partial charge in [-0.25, -0.2) is 4.98 Å². The number of aromatic nitrogens is 1. The first kappa shape index (κ1) is 13.5. The van der Waals surface area contributed by atoms with E-state index >= 15 is 0 Å². The Morgan fingerprint density at radius 3 is 2.61 bits per heavy atom. The van der Waals surface area contributed by atoms with E-state index < -0.39 is 0 Å². The lowest BCUT2D eigenvalue weighted by atomic mass is 10.2. The summed E-state index contributed by atoms with van der Waals surface area (Å²) in [4.78, 5) is 19.7. The molecule has 4 nitrogen and oxygen atoms in total. The fraction of sp³-hybridized carbons (Fsp3) is 0.692. The van der Waals surface area contributed by atoms with Crippen molar-refractivity contribution < 1.29 is 4.79 Å². The lowest BCUT2D eigenvalue weighted by Gasteiger charge is -2.19. The Morgan fingerprint density at radius 2 is 2.00 bits per heavy atom. The Kier molecular flexibility index (Phi) is 4.72. The molecule has 0 bridgehead atoms. The van der Waals surface area contributed by atoms with Crippen LogP contribution in [-0.2, 0) is 6.42 Å². The minimum Gasteiger partial charge on any atom is -0.338 e. The lowest BCUT2D eigenvalue weighted by Crippen LogP contribution is -2.31. The summed E-state index contributed by atoms with van der Waals surface area (Å²) < 4.78 is 0. The van der Waals surface area contributed by atoms with Crippen molar-refractivity contribution in [1.29, 1.82) is 0 Å². The van der Waals surface area contributed by atoms with E-state index in [1.807, 2.05) is 11.8 Å². The van der Waals surface area contributed by atoms with Crippen LogP contribution in [0.25, 0.3) is 0 Å². The largest absolute Gasteiger partial charge is 0.338 e. The lowest BCUT2D eigenvalue weighted by molar-refractivity contribution is 0.0765. The number of amides is 1. The van der Waals surface area contributed by atoms with Crippen molar-refractivity contribution in [2.75, 3.05) is 19.6 Å². The predicted molar refractivity (Wildman–Crippen MR) is 74.0 cm³/mol. The van der Waals surface area contributed by atoms with Crippen LogP contribution < -0.4 is 5.73 Å². The van der Waals surface area contributed by atoms with Crippen LogP contribution in [0.5, 0.6) is 0 Å². The molecular formula is C13H21N3OS. The molecule has 1 fully saturated rings. The van der Waals surface area contributed by atoms with Crippen LogP contribution in [0.15, 0.2) is 0 Å². The van der Waals surface area contributed by atoms with Gasteiger partial charge in [0.15, 0.2) is 0 Å². The van der Waals surface area contributed by atoms with Crippen LogP contribution in [0, 0.1) is 6.92 Å². The first-order chi connectivity index (χ1) is 8.72. The summed E-state index contributed by atoms with van der Waals surface area (Å²) in [7, 11) is 0. The van der Waals surface area contributed by atoms with E-state index in [0.717, 1.165) is 47.9 Å². The number of hydrogen-bond acceptors (Lipinski definition) is 4. The second-order valence-electron chi connectivity index (χ2n) is 4.77. The molecule has 0 aromatic carbocycles. The molecule has 1 aromatic heterocycles. The Balaban J connectivity index is 2.11. The standard InChI is InChI=1S/C13H21N3OS/c1-10-12(18-11(15-10)6-7-14)13(17)16-8-4-2-3-5-9-16/h2-9,14H2,1H3. The van der Waals surface area contributed by atoms with Gasteiger partial charge in [0, 0.05) is 19.5 Å². The molecule has 5 heteroatoms. The van der Waals surface area contributed by atoms with Crippen molar-refractivity contribution in [3.63, 3.8) is 0 Å². The zero-order valence-electron chi connectivity index (χ0n) is 10.9. The molecular weight excluding hydrogens is 246 g/mol. The van der Waals surface area contributed by atoms with Gasteiger partial charge in [0.25, 0.3) is 5.91 Å². The summed E-state index contributed by atoms with van der Waals surface area (Å²) >= 11 is 1.51. The number of aryl methyl sites for hydroxylation is 1. The maximum atomic E-state index is 12.5. The molecule has 18 heavy (non-hydrogen) atoms. The third-order valence-corrected chi connectivity index (χ3v) is 4.49. The van der Waals surface area contributed by atoms with E-state index in [4.69, 9.17) is 5.73 Å². The van der Waals surface area contributed by atoms with Crippen molar-refractivity contribution in [2.45, 2.75) is 39.0 Å². The predicted octanol–water partition coefficient (Wildman–Crippen LogP) is 1.97. The number of nitrogens with two attached hydrogens (primary N) is 1. The number of rotatable bonds is 3. The number of hydrogen-bond donors (Lipinski definition) is 1. The average molecular weight is 267 g/mol.